The first-order valence-electron chi connectivity index (χ1n) is 7.69. The van der Waals surface area contributed by atoms with Crippen LogP contribution in [0.25, 0.3) is 5.65 Å². The number of carbonyl (C=O) groups excluding carboxylic acids is 1. The van der Waals surface area contributed by atoms with Gasteiger partial charge in [0.05, 0.1) is 16.7 Å². The second-order valence-electron chi connectivity index (χ2n) is 5.78. The number of fused-ring (bicyclic) bond motifs is 1. The number of halogens is 2. The van der Waals surface area contributed by atoms with Crippen molar-refractivity contribution in [1.29, 1.82) is 0 Å². The molecule has 1 atom stereocenters. The molecule has 1 aliphatic rings. The summed E-state index contributed by atoms with van der Waals surface area (Å²) >= 11 is 3.33. The van der Waals surface area contributed by atoms with Gasteiger partial charge in [0.25, 0.3) is 5.91 Å². The van der Waals surface area contributed by atoms with E-state index in [4.69, 9.17) is 0 Å². The monoisotopic (exact) mass is 388 g/mol. The molecule has 1 fully saturated rings. The summed E-state index contributed by atoms with van der Waals surface area (Å²) in [6.45, 7) is 0.603. The van der Waals surface area contributed by atoms with Crippen molar-refractivity contribution in [3.05, 3.63) is 64.3 Å². The molecule has 4 rings (SSSR count). The molecule has 0 aliphatic carbocycles. The van der Waals surface area contributed by atoms with Crippen molar-refractivity contribution in [2.45, 2.75) is 18.9 Å². The summed E-state index contributed by atoms with van der Waals surface area (Å²) in [5.41, 5.74) is 1.50. The van der Waals surface area contributed by atoms with E-state index in [0.29, 0.717) is 23.3 Å². The van der Waals surface area contributed by atoms with Gasteiger partial charge in [-0.15, -0.1) is 0 Å². The minimum Gasteiger partial charge on any atom is -0.331 e. The maximum Gasteiger partial charge on any atom is 0.259 e. The molecule has 3 aromatic rings. The van der Waals surface area contributed by atoms with Crippen molar-refractivity contribution in [1.82, 2.24) is 19.5 Å². The van der Waals surface area contributed by atoms with Gasteiger partial charge in [-0.1, -0.05) is 18.2 Å². The molecule has 24 heavy (non-hydrogen) atoms. The molecule has 0 bridgehead atoms. The van der Waals surface area contributed by atoms with Crippen LogP contribution in [-0.4, -0.2) is 31.9 Å². The van der Waals surface area contributed by atoms with Gasteiger partial charge in [-0.3, -0.25) is 4.79 Å². The van der Waals surface area contributed by atoms with E-state index in [9.17, 15) is 9.18 Å². The fourth-order valence-electron chi connectivity index (χ4n) is 3.24. The van der Waals surface area contributed by atoms with Gasteiger partial charge < -0.3 is 4.90 Å². The zero-order valence-corrected chi connectivity index (χ0v) is 14.3. The number of likely N-dealkylation sites (tertiary alicyclic amines) is 1. The minimum atomic E-state index is -0.274. The van der Waals surface area contributed by atoms with Gasteiger partial charge in [0.1, 0.15) is 11.4 Å². The Kier molecular flexibility index (Phi) is 3.80. The molecular weight excluding hydrogens is 375 g/mol. The third kappa shape index (κ3) is 2.49. The van der Waals surface area contributed by atoms with E-state index in [1.54, 1.807) is 40.0 Å². The van der Waals surface area contributed by atoms with E-state index in [1.165, 1.54) is 12.3 Å². The molecule has 0 radical (unpaired) electrons. The summed E-state index contributed by atoms with van der Waals surface area (Å²) < 4.78 is 16.5. The van der Waals surface area contributed by atoms with Crippen LogP contribution < -0.4 is 0 Å². The van der Waals surface area contributed by atoms with Gasteiger partial charge in [0.15, 0.2) is 5.65 Å². The first kappa shape index (κ1) is 15.3. The number of aromatic nitrogens is 3. The first-order chi connectivity index (χ1) is 11.6. The van der Waals surface area contributed by atoms with Gasteiger partial charge in [0, 0.05) is 24.5 Å². The van der Waals surface area contributed by atoms with Gasteiger partial charge in [-0.2, -0.15) is 5.10 Å². The quantitative estimate of drug-likeness (QED) is 0.673. The molecule has 1 amide bonds. The predicted octanol–water partition coefficient (Wildman–Crippen LogP) is 3.61. The van der Waals surface area contributed by atoms with Crippen LogP contribution in [0.1, 0.15) is 34.8 Å². The lowest BCUT2D eigenvalue weighted by Gasteiger charge is -2.25. The Bertz CT molecular complexity index is 926. The van der Waals surface area contributed by atoms with E-state index < -0.39 is 0 Å². The summed E-state index contributed by atoms with van der Waals surface area (Å²) in [7, 11) is 0. The van der Waals surface area contributed by atoms with E-state index in [1.807, 2.05) is 0 Å². The van der Waals surface area contributed by atoms with Crippen LogP contribution in [0.15, 0.2) is 47.3 Å². The largest absolute Gasteiger partial charge is 0.331 e. The Hall–Kier alpha value is -2.28. The Morgan fingerprint density at radius 1 is 1.29 bits per heavy atom. The van der Waals surface area contributed by atoms with Crippen molar-refractivity contribution in [2.24, 2.45) is 0 Å². The second-order valence-corrected chi connectivity index (χ2v) is 6.69. The highest BCUT2D eigenvalue weighted by molar-refractivity contribution is 9.10. The predicted molar refractivity (Wildman–Crippen MR) is 90.1 cm³/mol. The highest BCUT2D eigenvalue weighted by Crippen LogP contribution is 2.34. The molecule has 1 aromatic carbocycles. The van der Waals surface area contributed by atoms with Crippen molar-refractivity contribution in [3.8, 4) is 0 Å². The number of benzene rings is 1. The fourth-order valence-corrected chi connectivity index (χ4v) is 3.53. The summed E-state index contributed by atoms with van der Waals surface area (Å²) in [6.07, 6.45) is 6.51. The number of rotatable bonds is 2. The maximum absolute atomic E-state index is 14.1. The minimum absolute atomic E-state index is 0.162. The number of hydrogen-bond donors (Lipinski definition) is 0. The average Bonchev–Trinajstić information content (AvgIpc) is 3.21. The van der Waals surface area contributed by atoms with Gasteiger partial charge in [0.2, 0.25) is 0 Å². The number of hydrogen-bond acceptors (Lipinski definition) is 3. The number of nitrogens with zero attached hydrogens (tertiary/aromatic N) is 4. The lowest BCUT2D eigenvalue weighted by atomic mass is 10.0. The smallest absolute Gasteiger partial charge is 0.259 e. The van der Waals surface area contributed by atoms with E-state index in [0.717, 1.165) is 17.3 Å². The van der Waals surface area contributed by atoms with Gasteiger partial charge in [-0.25, -0.2) is 13.9 Å². The fraction of sp³-hybridized carbons (Fsp3) is 0.235. The molecule has 2 aromatic heterocycles. The summed E-state index contributed by atoms with van der Waals surface area (Å²) in [5, 5.41) is 4.19. The maximum atomic E-state index is 14.1. The lowest BCUT2D eigenvalue weighted by molar-refractivity contribution is 0.0735. The molecule has 1 aliphatic heterocycles. The van der Waals surface area contributed by atoms with Crippen molar-refractivity contribution in [2.75, 3.05) is 6.54 Å². The number of amides is 1. The Balaban J connectivity index is 1.71. The second kappa shape index (κ2) is 5.98. The molecule has 122 valence electrons. The third-order valence-electron chi connectivity index (χ3n) is 4.33. The lowest BCUT2D eigenvalue weighted by Crippen LogP contribution is -2.31. The number of carbonyl (C=O) groups is 1. The van der Waals surface area contributed by atoms with Crippen LogP contribution in [0.4, 0.5) is 4.39 Å². The molecule has 0 N–H and O–H groups in total. The van der Waals surface area contributed by atoms with Crippen molar-refractivity contribution in [3.63, 3.8) is 0 Å². The highest BCUT2D eigenvalue weighted by atomic mass is 79.9. The van der Waals surface area contributed by atoms with Crippen molar-refractivity contribution < 1.29 is 9.18 Å². The van der Waals surface area contributed by atoms with Gasteiger partial charge in [-0.05, 0) is 34.8 Å². The summed E-state index contributed by atoms with van der Waals surface area (Å²) in [6, 6.07) is 6.40. The van der Waals surface area contributed by atoms with Gasteiger partial charge >= 0.3 is 0 Å². The Labute approximate surface area is 146 Å². The molecule has 1 saturated heterocycles. The van der Waals surface area contributed by atoms with Crippen LogP contribution in [0, 0.1) is 5.82 Å². The van der Waals surface area contributed by atoms with E-state index >= 15 is 0 Å². The van der Waals surface area contributed by atoms with Crippen LogP contribution in [0.5, 0.6) is 0 Å². The molecule has 5 nitrogen and oxygen atoms in total. The van der Waals surface area contributed by atoms with E-state index in [2.05, 4.69) is 26.0 Å². The molecule has 0 unspecified atom stereocenters. The average molecular weight is 389 g/mol. The molecule has 3 heterocycles. The highest BCUT2D eigenvalue weighted by Gasteiger charge is 2.33. The Morgan fingerprint density at radius 3 is 2.96 bits per heavy atom. The molecule has 7 heteroatoms. The summed E-state index contributed by atoms with van der Waals surface area (Å²) in [5.74, 6) is -0.435. The van der Waals surface area contributed by atoms with Crippen LogP contribution >= 0.6 is 15.9 Å². The first-order valence-corrected chi connectivity index (χ1v) is 8.49. The summed E-state index contributed by atoms with van der Waals surface area (Å²) in [4.78, 5) is 19.0. The van der Waals surface area contributed by atoms with E-state index in [-0.39, 0.29) is 17.8 Å². The Morgan fingerprint density at radius 2 is 2.12 bits per heavy atom. The SMILES string of the molecule is O=C(c1cnn2cc(Br)cnc12)N1CCC[C@@H]1c1ccccc1F. The van der Waals surface area contributed by atoms with Crippen molar-refractivity contribution >= 4 is 27.5 Å². The zero-order valence-electron chi connectivity index (χ0n) is 12.7. The third-order valence-corrected chi connectivity index (χ3v) is 4.74. The van der Waals surface area contributed by atoms with Crippen LogP contribution in [-0.2, 0) is 0 Å². The van der Waals surface area contributed by atoms with Crippen LogP contribution in [0.3, 0.4) is 0 Å². The zero-order chi connectivity index (χ0) is 16.7. The van der Waals surface area contributed by atoms with Crippen LogP contribution in [0.2, 0.25) is 0 Å². The molecule has 0 saturated carbocycles. The molecular formula is C17H14BrFN4O. The topological polar surface area (TPSA) is 50.5 Å². The molecule has 0 spiro atoms. The standard InChI is InChI=1S/C17H14BrFN4O/c18-11-8-20-16-13(9-21-23(16)10-11)17(24)22-7-3-6-15(22)12-4-1-2-5-14(12)19/h1-2,4-5,8-10,15H,3,6-7H2/t15-/m1/s1. The normalized spacial score (nSPS) is 17.6.